The average Bonchev–Trinajstić information content (AvgIpc) is 3.64. The molecule has 1 N–H and O–H groups in total. The van der Waals surface area contributed by atoms with E-state index in [1.807, 2.05) is 53.3 Å². The molecule has 8 nitrogen and oxygen atoms in total. The van der Waals surface area contributed by atoms with Gasteiger partial charge in [0, 0.05) is 23.2 Å². The van der Waals surface area contributed by atoms with E-state index in [1.54, 1.807) is 0 Å². The predicted molar refractivity (Wildman–Crippen MR) is 168 cm³/mol. The zero-order valence-corrected chi connectivity index (χ0v) is 25.9. The van der Waals surface area contributed by atoms with Gasteiger partial charge in [0.05, 0.1) is 11.4 Å². The topological polar surface area (TPSA) is 86.3 Å². The molecule has 0 radical (unpaired) electrons. The minimum absolute atomic E-state index is 0.301. The molecular formula is C33H33F3N6O2S. The first-order valence-electron chi connectivity index (χ1n) is 14.5. The zero-order valence-electron chi connectivity index (χ0n) is 25.1. The van der Waals surface area contributed by atoms with E-state index in [2.05, 4.69) is 51.1 Å². The van der Waals surface area contributed by atoms with Crippen LogP contribution in [-0.2, 0) is 6.42 Å². The number of benzene rings is 3. The highest BCUT2D eigenvalue weighted by atomic mass is 32.1. The van der Waals surface area contributed by atoms with Crippen LogP contribution in [0.25, 0.3) is 22.8 Å². The van der Waals surface area contributed by atoms with Gasteiger partial charge in [0.25, 0.3) is 0 Å². The van der Waals surface area contributed by atoms with Crippen molar-refractivity contribution in [1.29, 1.82) is 0 Å². The second-order valence-electron chi connectivity index (χ2n) is 10.8. The summed E-state index contributed by atoms with van der Waals surface area (Å²) in [6.45, 7) is 6.85. The maximum atomic E-state index is 12.6. The van der Waals surface area contributed by atoms with Gasteiger partial charge in [-0.3, -0.25) is 4.57 Å². The molecule has 2 aromatic heterocycles. The Morgan fingerprint density at radius 2 is 1.76 bits per heavy atom. The first-order chi connectivity index (χ1) is 21.6. The summed E-state index contributed by atoms with van der Waals surface area (Å²) in [4.78, 5) is 22.0. The van der Waals surface area contributed by atoms with E-state index in [0.29, 0.717) is 28.8 Å². The lowest BCUT2D eigenvalue weighted by Gasteiger charge is -2.14. The van der Waals surface area contributed by atoms with Gasteiger partial charge < -0.3 is 10.1 Å². The van der Waals surface area contributed by atoms with Crippen molar-refractivity contribution in [3.05, 3.63) is 106 Å². The van der Waals surface area contributed by atoms with Crippen molar-refractivity contribution in [3.8, 4) is 28.5 Å². The van der Waals surface area contributed by atoms with E-state index >= 15 is 0 Å². The van der Waals surface area contributed by atoms with Gasteiger partial charge in [-0.15, -0.1) is 29.6 Å². The van der Waals surface area contributed by atoms with Crippen LogP contribution in [0.5, 0.6) is 5.75 Å². The Balaban J connectivity index is 1.11. The lowest BCUT2D eigenvalue weighted by molar-refractivity contribution is -0.274. The Hall–Kier alpha value is -4.71. The number of aryl methyl sites for hydroxylation is 2. The van der Waals surface area contributed by atoms with Gasteiger partial charge in [0.1, 0.15) is 12.1 Å². The van der Waals surface area contributed by atoms with Gasteiger partial charge in [0.2, 0.25) is 0 Å². The third kappa shape index (κ3) is 8.27. The summed E-state index contributed by atoms with van der Waals surface area (Å²) in [7, 11) is 0. The van der Waals surface area contributed by atoms with Crippen molar-refractivity contribution >= 4 is 17.4 Å². The van der Waals surface area contributed by atoms with Crippen molar-refractivity contribution in [2.45, 2.75) is 52.3 Å². The minimum Gasteiger partial charge on any atom is -0.406 e. The lowest BCUT2D eigenvalue weighted by atomic mass is 10.0. The van der Waals surface area contributed by atoms with Crippen molar-refractivity contribution < 1.29 is 22.7 Å². The molecule has 45 heavy (non-hydrogen) atoms. The van der Waals surface area contributed by atoms with Gasteiger partial charge in [-0.1, -0.05) is 56.3 Å². The fourth-order valence-corrected chi connectivity index (χ4v) is 5.72. The third-order valence-electron chi connectivity index (χ3n) is 7.08. The number of halogens is 3. The van der Waals surface area contributed by atoms with E-state index in [1.165, 1.54) is 52.2 Å². The molecule has 0 aliphatic rings. The number of rotatable bonds is 10. The molecule has 234 valence electrons. The number of urea groups is 1. The second-order valence-corrected chi connectivity index (χ2v) is 11.6. The molecular weight excluding hydrogens is 601 g/mol. The molecule has 0 unspecified atom stereocenters. The lowest BCUT2D eigenvalue weighted by Crippen LogP contribution is -2.25. The normalized spacial score (nSPS) is 12.1. The van der Waals surface area contributed by atoms with Crippen LogP contribution in [0.1, 0.15) is 49.4 Å². The maximum Gasteiger partial charge on any atom is 0.573 e. The quantitative estimate of drug-likeness (QED) is 0.159. The van der Waals surface area contributed by atoms with E-state index in [9.17, 15) is 18.0 Å². The average molecular weight is 635 g/mol. The number of thiazole rings is 1. The zero-order chi connectivity index (χ0) is 32.0. The number of hydrogen-bond donors (Lipinski definition) is 1. The number of ether oxygens (including phenoxy) is 1. The molecule has 0 atom stereocenters. The van der Waals surface area contributed by atoms with E-state index < -0.39 is 6.36 Å². The highest BCUT2D eigenvalue weighted by molar-refractivity contribution is 7.07. The largest absolute Gasteiger partial charge is 0.573 e. The maximum absolute atomic E-state index is 12.6. The molecule has 2 heterocycles. The van der Waals surface area contributed by atoms with Crippen molar-refractivity contribution in [3.63, 3.8) is 0 Å². The monoisotopic (exact) mass is 634 g/mol. The van der Waals surface area contributed by atoms with Gasteiger partial charge >= 0.3 is 12.4 Å². The number of nitrogens with zero attached hydrogens (tertiary/aromatic N) is 5. The number of nitrogens with one attached hydrogen (secondary N) is 1. The summed E-state index contributed by atoms with van der Waals surface area (Å²) >= 11 is 1.45. The van der Waals surface area contributed by atoms with Crippen LogP contribution >= 0.6 is 11.3 Å². The predicted octanol–water partition coefficient (Wildman–Crippen LogP) is 7.75. The standard InChI is InChI=1S/C33H33F3N6O2S/c1-22(2)28-9-4-5-10-29(28)42-23(3)20-45-32(42)39-31(43)37-19-7-6-8-24-11-13-25(14-12-24)30-38-21-41(40-30)26-15-17-27(18-16-26)44-33(34,35)36/h4-5,9-18,20-22H,6-8,19H2,1-3H3,(H,37,43). The highest BCUT2D eigenvalue weighted by Gasteiger charge is 2.31. The SMILES string of the molecule is Cc1csc(=NC(=O)NCCCCc2ccc(-c3ncn(-c4ccc(OC(F)(F)F)cc4)n3)cc2)n1-c1ccccc1C(C)C. The van der Waals surface area contributed by atoms with Crippen LogP contribution in [0.2, 0.25) is 0 Å². The Morgan fingerprint density at radius 3 is 2.47 bits per heavy atom. The van der Waals surface area contributed by atoms with Crippen LogP contribution in [0.15, 0.2) is 89.5 Å². The van der Waals surface area contributed by atoms with Crippen LogP contribution in [0.4, 0.5) is 18.0 Å². The van der Waals surface area contributed by atoms with E-state index in [-0.39, 0.29) is 11.8 Å². The first-order valence-corrected chi connectivity index (χ1v) is 15.4. The molecule has 5 aromatic rings. The summed E-state index contributed by atoms with van der Waals surface area (Å²) in [5, 5.41) is 9.37. The molecule has 12 heteroatoms. The summed E-state index contributed by atoms with van der Waals surface area (Å²) in [6.07, 6.45) is -0.693. The summed E-state index contributed by atoms with van der Waals surface area (Å²) in [5.74, 6) is 0.536. The molecule has 0 spiro atoms. The Labute approximate surface area is 262 Å². The summed E-state index contributed by atoms with van der Waals surface area (Å²) < 4.78 is 44.6. The number of alkyl halides is 3. The van der Waals surface area contributed by atoms with Gasteiger partial charge in [-0.2, -0.15) is 4.99 Å². The van der Waals surface area contributed by atoms with Gasteiger partial charge in [-0.25, -0.2) is 14.5 Å². The molecule has 0 fully saturated rings. The number of amides is 2. The van der Waals surface area contributed by atoms with E-state index in [4.69, 9.17) is 0 Å². The molecule has 5 rings (SSSR count). The Morgan fingerprint density at radius 1 is 1.02 bits per heavy atom. The Kier molecular flexibility index (Phi) is 9.82. The van der Waals surface area contributed by atoms with Crippen molar-refractivity contribution in [1.82, 2.24) is 24.6 Å². The third-order valence-corrected chi connectivity index (χ3v) is 8.03. The molecule has 0 bridgehead atoms. The smallest absolute Gasteiger partial charge is 0.406 e. The Bertz CT molecular complexity index is 1810. The fraction of sp³-hybridized carbons (Fsp3) is 0.273. The highest BCUT2D eigenvalue weighted by Crippen LogP contribution is 2.25. The molecule has 0 aliphatic heterocycles. The van der Waals surface area contributed by atoms with Gasteiger partial charge in [-0.05, 0) is 73.6 Å². The summed E-state index contributed by atoms with van der Waals surface area (Å²) in [5.41, 5.74) is 5.80. The second kappa shape index (κ2) is 13.9. The van der Waals surface area contributed by atoms with Crippen molar-refractivity contribution in [2.75, 3.05) is 6.54 Å². The van der Waals surface area contributed by atoms with E-state index in [0.717, 1.165) is 41.8 Å². The van der Waals surface area contributed by atoms with Crippen LogP contribution < -0.4 is 14.9 Å². The first kappa shape index (κ1) is 31.7. The van der Waals surface area contributed by atoms with Crippen LogP contribution in [0.3, 0.4) is 0 Å². The number of para-hydroxylation sites is 1. The molecule has 2 amide bonds. The van der Waals surface area contributed by atoms with Crippen LogP contribution in [0, 0.1) is 6.92 Å². The number of carbonyl (C=O) groups is 1. The molecule has 0 aliphatic carbocycles. The van der Waals surface area contributed by atoms with Crippen LogP contribution in [-0.4, -0.2) is 38.3 Å². The minimum atomic E-state index is -4.74. The van der Waals surface area contributed by atoms with Crippen molar-refractivity contribution in [2.24, 2.45) is 4.99 Å². The fourth-order valence-electron chi connectivity index (χ4n) is 4.86. The molecule has 3 aromatic carbocycles. The number of carbonyl (C=O) groups excluding carboxylic acids is 1. The molecule has 0 saturated carbocycles. The van der Waals surface area contributed by atoms with Gasteiger partial charge in [0.15, 0.2) is 10.6 Å². The number of aromatic nitrogens is 4. The molecule has 0 saturated heterocycles. The summed E-state index contributed by atoms with van der Waals surface area (Å²) in [6, 6.07) is 21.2. The number of unbranched alkanes of at least 4 members (excludes halogenated alkanes) is 1. The number of hydrogen-bond acceptors (Lipinski definition) is 5.